The maximum Gasteiger partial charge on any atom is 0.138 e. The van der Waals surface area contributed by atoms with Gasteiger partial charge in [-0.15, -0.1) is 0 Å². The number of rotatable bonds is 6. The number of carbonyl (C=O) groups is 1. The van der Waals surface area contributed by atoms with Crippen molar-refractivity contribution in [3.8, 4) is 0 Å². The Morgan fingerprint density at radius 2 is 1.65 bits per heavy atom. The molecule has 0 unspecified atom stereocenters. The van der Waals surface area contributed by atoms with E-state index in [0.29, 0.717) is 17.6 Å². The molecule has 0 amide bonds. The van der Waals surface area contributed by atoms with Crippen LogP contribution in [0.5, 0.6) is 0 Å². The quantitative estimate of drug-likeness (QED) is 0.647. The zero-order valence-corrected chi connectivity index (χ0v) is 12.2. The molecule has 0 aromatic carbocycles. The summed E-state index contributed by atoms with van der Waals surface area (Å²) in [5.74, 6) is 2.52. The van der Waals surface area contributed by atoms with Gasteiger partial charge in [0.05, 0.1) is 0 Å². The fourth-order valence-corrected chi connectivity index (χ4v) is 3.19. The molecule has 1 saturated carbocycles. The Bertz CT molecular complexity index is 224. The summed E-state index contributed by atoms with van der Waals surface area (Å²) >= 11 is 0. The van der Waals surface area contributed by atoms with Gasteiger partial charge in [0.1, 0.15) is 5.78 Å². The van der Waals surface area contributed by atoms with Crippen molar-refractivity contribution in [1.82, 2.24) is 0 Å². The first-order valence-electron chi connectivity index (χ1n) is 7.54. The van der Waals surface area contributed by atoms with Gasteiger partial charge in [-0.25, -0.2) is 0 Å². The van der Waals surface area contributed by atoms with Crippen LogP contribution < -0.4 is 0 Å². The van der Waals surface area contributed by atoms with E-state index in [9.17, 15) is 4.79 Å². The minimum absolute atomic E-state index is 0.211. The molecule has 0 saturated heterocycles. The standard InChI is InChI=1S/C16H30O/c1-12(2)10-15(16(17)13(3)4)11-14-8-6-5-7-9-14/h12-15H,5-11H2,1-4H3/t15-/m1/s1. The lowest BCUT2D eigenvalue weighted by atomic mass is 9.77. The van der Waals surface area contributed by atoms with Gasteiger partial charge in [0.2, 0.25) is 0 Å². The predicted molar refractivity (Wildman–Crippen MR) is 74.0 cm³/mol. The van der Waals surface area contributed by atoms with Gasteiger partial charge in [-0.05, 0) is 24.7 Å². The first-order valence-corrected chi connectivity index (χ1v) is 7.54. The van der Waals surface area contributed by atoms with E-state index in [4.69, 9.17) is 0 Å². The van der Waals surface area contributed by atoms with Crippen LogP contribution in [-0.4, -0.2) is 5.78 Å². The average molecular weight is 238 g/mol. The molecule has 0 aromatic rings. The predicted octanol–water partition coefficient (Wildman–Crippen LogP) is 4.84. The summed E-state index contributed by atoms with van der Waals surface area (Å²) in [6.07, 6.45) is 9.15. The van der Waals surface area contributed by atoms with Crippen molar-refractivity contribution in [3.05, 3.63) is 0 Å². The Labute approximate surface area is 107 Å². The van der Waals surface area contributed by atoms with Gasteiger partial charge in [-0.2, -0.15) is 0 Å². The van der Waals surface area contributed by atoms with E-state index in [-0.39, 0.29) is 5.92 Å². The molecule has 1 fully saturated rings. The van der Waals surface area contributed by atoms with Gasteiger partial charge in [-0.3, -0.25) is 4.79 Å². The smallest absolute Gasteiger partial charge is 0.138 e. The molecule has 17 heavy (non-hydrogen) atoms. The lowest BCUT2D eigenvalue weighted by Gasteiger charge is -2.27. The lowest BCUT2D eigenvalue weighted by Crippen LogP contribution is -2.25. The van der Waals surface area contributed by atoms with E-state index in [1.165, 1.54) is 32.1 Å². The highest BCUT2D eigenvalue weighted by Crippen LogP contribution is 2.32. The van der Waals surface area contributed by atoms with Gasteiger partial charge in [0.25, 0.3) is 0 Å². The molecule has 0 radical (unpaired) electrons. The highest BCUT2D eigenvalue weighted by molar-refractivity contribution is 5.82. The number of carbonyl (C=O) groups excluding carboxylic acids is 1. The minimum Gasteiger partial charge on any atom is -0.299 e. The normalized spacial score (nSPS) is 19.9. The van der Waals surface area contributed by atoms with Gasteiger partial charge in [0.15, 0.2) is 0 Å². The van der Waals surface area contributed by atoms with Crippen molar-refractivity contribution in [3.63, 3.8) is 0 Å². The largest absolute Gasteiger partial charge is 0.299 e. The molecule has 0 aromatic heterocycles. The molecule has 1 rings (SSSR count). The van der Waals surface area contributed by atoms with Crippen LogP contribution in [0.2, 0.25) is 0 Å². The second-order valence-electron chi connectivity index (χ2n) is 6.62. The van der Waals surface area contributed by atoms with Crippen molar-refractivity contribution in [2.24, 2.45) is 23.7 Å². The molecule has 1 heteroatoms. The van der Waals surface area contributed by atoms with Crippen LogP contribution in [0, 0.1) is 23.7 Å². The first kappa shape index (κ1) is 14.7. The molecule has 0 spiro atoms. The van der Waals surface area contributed by atoms with Crippen LogP contribution in [0.4, 0.5) is 0 Å². The second-order valence-corrected chi connectivity index (χ2v) is 6.62. The van der Waals surface area contributed by atoms with Crippen molar-refractivity contribution in [1.29, 1.82) is 0 Å². The number of hydrogen-bond donors (Lipinski definition) is 0. The van der Waals surface area contributed by atoms with Crippen molar-refractivity contribution in [2.45, 2.75) is 72.6 Å². The van der Waals surface area contributed by atoms with Crippen LogP contribution in [0.15, 0.2) is 0 Å². The Morgan fingerprint density at radius 1 is 1.06 bits per heavy atom. The zero-order valence-electron chi connectivity index (χ0n) is 12.2. The second kappa shape index (κ2) is 7.18. The van der Waals surface area contributed by atoms with E-state index in [2.05, 4.69) is 27.7 Å². The molecule has 1 atom stereocenters. The van der Waals surface area contributed by atoms with Crippen molar-refractivity contribution >= 4 is 5.78 Å². The fourth-order valence-electron chi connectivity index (χ4n) is 3.19. The molecule has 0 N–H and O–H groups in total. The summed E-state index contributed by atoms with van der Waals surface area (Å²) in [5.41, 5.74) is 0. The summed E-state index contributed by atoms with van der Waals surface area (Å²) in [4.78, 5) is 12.3. The van der Waals surface area contributed by atoms with E-state index in [1.807, 2.05) is 0 Å². The van der Waals surface area contributed by atoms with E-state index in [0.717, 1.165) is 18.8 Å². The SMILES string of the molecule is CC(C)C[C@H](CC1CCCCC1)C(=O)C(C)C. The molecule has 1 aliphatic rings. The average Bonchev–Trinajstić information content (AvgIpc) is 2.28. The Hall–Kier alpha value is -0.330. The summed E-state index contributed by atoms with van der Waals surface area (Å²) in [6.45, 7) is 8.58. The Morgan fingerprint density at radius 3 is 2.12 bits per heavy atom. The van der Waals surface area contributed by atoms with E-state index < -0.39 is 0 Å². The van der Waals surface area contributed by atoms with Crippen LogP contribution in [-0.2, 0) is 4.79 Å². The van der Waals surface area contributed by atoms with Crippen molar-refractivity contribution < 1.29 is 4.79 Å². The summed E-state index contributed by atoms with van der Waals surface area (Å²) in [5, 5.41) is 0. The third-order valence-electron chi connectivity index (χ3n) is 4.07. The van der Waals surface area contributed by atoms with Gasteiger partial charge >= 0.3 is 0 Å². The maximum absolute atomic E-state index is 12.3. The zero-order chi connectivity index (χ0) is 12.8. The molecule has 1 nitrogen and oxygen atoms in total. The third-order valence-corrected chi connectivity index (χ3v) is 4.07. The number of hydrogen-bond acceptors (Lipinski definition) is 1. The monoisotopic (exact) mass is 238 g/mol. The summed E-state index contributed by atoms with van der Waals surface area (Å²) < 4.78 is 0. The topological polar surface area (TPSA) is 17.1 Å². The maximum atomic E-state index is 12.3. The molecular formula is C16H30O. The molecule has 1 aliphatic carbocycles. The molecular weight excluding hydrogens is 208 g/mol. The van der Waals surface area contributed by atoms with Gasteiger partial charge < -0.3 is 0 Å². The Kier molecular flexibility index (Phi) is 6.22. The highest BCUT2D eigenvalue weighted by atomic mass is 16.1. The highest BCUT2D eigenvalue weighted by Gasteiger charge is 2.26. The minimum atomic E-state index is 0.211. The van der Waals surface area contributed by atoms with Gasteiger partial charge in [0, 0.05) is 11.8 Å². The van der Waals surface area contributed by atoms with E-state index in [1.54, 1.807) is 0 Å². The van der Waals surface area contributed by atoms with Crippen LogP contribution in [0.3, 0.4) is 0 Å². The number of Topliss-reactive ketones (excluding diaryl/α,β-unsaturated/α-hetero) is 1. The third kappa shape index (κ3) is 5.23. The van der Waals surface area contributed by atoms with Crippen LogP contribution >= 0.6 is 0 Å². The molecule has 0 aliphatic heterocycles. The first-order chi connectivity index (χ1) is 8.00. The summed E-state index contributed by atoms with van der Waals surface area (Å²) in [7, 11) is 0. The van der Waals surface area contributed by atoms with Crippen LogP contribution in [0.25, 0.3) is 0 Å². The summed E-state index contributed by atoms with van der Waals surface area (Å²) in [6, 6.07) is 0. The molecule has 0 heterocycles. The fraction of sp³-hybridized carbons (Fsp3) is 0.938. The van der Waals surface area contributed by atoms with Crippen molar-refractivity contribution in [2.75, 3.05) is 0 Å². The Balaban J connectivity index is 2.52. The van der Waals surface area contributed by atoms with Gasteiger partial charge in [-0.1, -0.05) is 59.8 Å². The molecule has 0 bridgehead atoms. The molecule has 100 valence electrons. The lowest BCUT2D eigenvalue weighted by molar-refractivity contribution is -0.127. The van der Waals surface area contributed by atoms with Crippen LogP contribution in [0.1, 0.15) is 72.6 Å². The number of ketones is 1. The van der Waals surface area contributed by atoms with E-state index >= 15 is 0 Å².